The minimum absolute atomic E-state index is 0.219. The number of aryl methyl sites for hydroxylation is 1. The highest BCUT2D eigenvalue weighted by Crippen LogP contribution is 2.39. The van der Waals surface area contributed by atoms with E-state index in [1.54, 1.807) is 11.3 Å². The van der Waals surface area contributed by atoms with Gasteiger partial charge < -0.3 is 9.84 Å². The third kappa shape index (κ3) is 4.19. The Labute approximate surface area is 206 Å². The molecule has 2 aromatic carbocycles. The molecule has 33 heavy (non-hydrogen) atoms. The zero-order valence-corrected chi connectivity index (χ0v) is 20.5. The Morgan fingerprint density at radius 2 is 1.88 bits per heavy atom. The van der Waals surface area contributed by atoms with E-state index in [1.165, 1.54) is 5.56 Å². The fraction of sp³-hybridized carbons (Fsp3) is 0.160. The summed E-state index contributed by atoms with van der Waals surface area (Å²) in [6.45, 7) is 4.17. The van der Waals surface area contributed by atoms with Crippen LogP contribution in [0.1, 0.15) is 36.9 Å². The summed E-state index contributed by atoms with van der Waals surface area (Å²) in [5, 5.41) is 11.0. The topological polar surface area (TPSA) is 54.2 Å². The minimum atomic E-state index is -0.219. The highest BCUT2D eigenvalue weighted by atomic mass is 35.5. The maximum atomic E-state index is 6.12. The summed E-state index contributed by atoms with van der Waals surface area (Å²) in [5.41, 5.74) is 5.07. The predicted molar refractivity (Wildman–Crippen MR) is 138 cm³/mol. The standard InChI is InChI=1S/C25H21ClN4OS2/c1-3-16-6-8-17(9-7-16)22-21(24-28-23(29-31-24)20-5-4-14-33-20)15(2)30(25(32)27-22)19-12-10-18(26)11-13-19/h4-14,22H,3H2,1-2H3,(H,27,32). The smallest absolute Gasteiger partial charge is 0.258 e. The van der Waals surface area contributed by atoms with Gasteiger partial charge in [0.1, 0.15) is 0 Å². The van der Waals surface area contributed by atoms with E-state index in [4.69, 9.17) is 33.3 Å². The number of rotatable bonds is 5. The number of thiophene rings is 1. The average Bonchev–Trinajstić information content (AvgIpc) is 3.52. The zero-order chi connectivity index (χ0) is 22.9. The molecule has 2 aromatic heterocycles. The summed E-state index contributed by atoms with van der Waals surface area (Å²) in [6, 6.07) is 19.9. The molecule has 0 radical (unpaired) electrons. The van der Waals surface area contributed by atoms with Gasteiger partial charge in [0.25, 0.3) is 5.89 Å². The Kier molecular flexibility index (Phi) is 6.01. The molecular formula is C25H21ClN4OS2. The van der Waals surface area contributed by atoms with Crippen molar-refractivity contribution in [2.24, 2.45) is 0 Å². The molecule has 1 atom stereocenters. The summed E-state index contributed by atoms with van der Waals surface area (Å²) >= 11 is 13.5. The number of aromatic nitrogens is 2. The summed E-state index contributed by atoms with van der Waals surface area (Å²) in [7, 11) is 0. The normalized spacial score (nSPS) is 16.3. The monoisotopic (exact) mass is 492 g/mol. The van der Waals surface area contributed by atoms with Gasteiger partial charge in [0, 0.05) is 16.4 Å². The van der Waals surface area contributed by atoms with Gasteiger partial charge in [-0.1, -0.05) is 54.0 Å². The summed E-state index contributed by atoms with van der Waals surface area (Å²) < 4.78 is 5.79. The highest BCUT2D eigenvalue weighted by molar-refractivity contribution is 7.80. The molecule has 1 aliphatic rings. The maximum absolute atomic E-state index is 6.12. The van der Waals surface area contributed by atoms with Gasteiger partial charge in [-0.3, -0.25) is 4.90 Å². The number of nitrogens with zero attached hydrogens (tertiary/aromatic N) is 3. The van der Waals surface area contributed by atoms with Crippen LogP contribution in [0.5, 0.6) is 0 Å². The lowest BCUT2D eigenvalue weighted by atomic mass is 9.93. The SMILES string of the molecule is CCc1ccc(C2NC(=S)N(c3ccc(Cl)cc3)C(C)=C2c2nc(-c3cccs3)no2)cc1. The number of benzene rings is 2. The van der Waals surface area contributed by atoms with E-state index in [2.05, 4.69) is 41.7 Å². The van der Waals surface area contributed by atoms with Crippen LogP contribution in [0.25, 0.3) is 16.3 Å². The van der Waals surface area contributed by atoms with Crippen LogP contribution in [-0.2, 0) is 6.42 Å². The van der Waals surface area contributed by atoms with E-state index in [9.17, 15) is 0 Å². The van der Waals surface area contributed by atoms with Crippen molar-refractivity contribution in [1.29, 1.82) is 0 Å². The predicted octanol–water partition coefficient (Wildman–Crippen LogP) is 6.88. The molecule has 1 aliphatic heterocycles. The Hall–Kier alpha value is -3.00. The first-order valence-electron chi connectivity index (χ1n) is 10.6. The van der Waals surface area contributed by atoms with Gasteiger partial charge in [0.2, 0.25) is 5.82 Å². The molecule has 5 nitrogen and oxygen atoms in total. The Bertz CT molecular complexity index is 1310. The van der Waals surface area contributed by atoms with Crippen LogP contribution in [0.2, 0.25) is 5.02 Å². The van der Waals surface area contributed by atoms with Gasteiger partial charge in [-0.2, -0.15) is 4.98 Å². The van der Waals surface area contributed by atoms with Crippen molar-refractivity contribution in [3.63, 3.8) is 0 Å². The van der Waals surface area contributed by atoms with Crippen LogP contribution in [0, 0.1) is 0 Å². The van der Waals surface area contributed by atoms with E-state index in [1.807, 2.05) is 53.6 Å². The number of anilines is 1. The average molecular weight is 493 g/mol. The van der Waals surface area contributed by atoms with Crippen molar-refractivity contribution in [2.45, 2.75) is 26.3 Å². The maximum Gasteiger partial charge on any atom is 0.258 e. The van der Waals surface area contributed by atoms with Crippen LogP contribution < -0.4 is 10.2 Å². The van der Waals surface area contributed by atoms with Crippen LogP contribution >= 0.6 is 35.2 Å². The Morgan fingerprint density at radius 1 is 1.12 bits per heavy atom. The molecule has 0 aliphatic carbocycles. The quantitative estimate of drug-likeness (QED) is 0.306. The van der Waals surface area contributed by atoms with Gasteiger partial charge >= 0.3 is 0 Å². The van der Waals surface area contributed by atoms with Gasteiger partial charge in [-0.15, -0.1) is 11.3 Å². The molecule has 8 heteroatoms. The molecule has 3 heterocycles. The van der Waals surface area contributed by atoms with Gasteiger partial charge in [0.05, 0.1) is 16.5 Å². The zero-order valence-electron chi connectivity index (χ0n) is 18.1. The second-order valence-electron chi connectivity index (χ2n) is 7.69. The van der Waals surface area contributed by atoms with Crippen molar-refractivity contribution >= 4 is 51.5 Å². The summed E-state index contributed by atoms with van der Waals surface area (Å²) in [6.07, 6.45) is 0.983. The van der Waals surface area contributed by atoms with Gasteiger partial charge in [-0.05, 0) is 72.4 Å². The van der Waals surface area contributed by atoms with Crippen molar-refractivity contribution in [3.05, 3.63) is 93.8 Å². The van der Waals surface area contributed by atoms with Gasteiger partial charge in [0.15, 0.2) is 5.11 Å². The van der Waals surface area contributed by atoms with E-state index in [0.717, 1.165) is 33.8 Å². The largest absolute Gasteiger partial charge is 0.351 e. The van der Waals surface area contributed by atoms with E-state index < -0.39 is 0 Å². The highest BCUT2D eigenvalue weighted by Gasteiger charge is 2.34. The van der Waals surface area contributed by atoms with E-state index in [0.29, 0.717) is 21.9 Å². The number of allylic oxidation sites excluding steroid dienone is 1. The first-order chi connectivity index (χ1) is 16.0. The lowest BCUT2D eigenvalue weighted by Crippen LogP contribution is -2.46. The lowest BCUT2D eigenvalue weighted by molar-refractivity contribution is 0.404. The lowest BCUT2D eigenvalue weighted by Gasteiger charge is -2.37. The second-order valence-corrected chi connectivity index (χ2v) is 9.46. The third-order valence-electron chi connectivity index (χ3n) is 5.69. The molecule has 166 valence electrons. The fourth-order valence-electron chi connectivity index (χ4n) is 3.96. The molecule has 1 unspecified atom stereocenters. The number of thiocarbonyl (C=S) groups is 1. The Morgan fingerprint density at radius 3 is 2.55 bits per heavy atom. The molecule has 4 aromatic rings. The fourth-order valence-corrected chi connectivity index (χ4v) is 5.09. The molecule has 0 fully saturated rings. The first-order valence-corrected chi connectivity index (χ1v) is 12.3. The molecule has 5 rings (SSSR count). The van der Waals surface area contributed by atoms with Crippen molar-refractivity contribution in [3.8, 4) is 10.7 Å². The third-order valence-corrected chi connectivity index (χ3v) is 7.11. The van der Waals surface area contributed by atoms with Crippen LogP contribution in [0.3, 0.4) is 0 Å². The van der Waals surface area contributed by atoms with Crippen molar-refractivity contribution < 1.29 is 4.52 Å². The number of hydrogen-bond acceptors (Lipinski definition) is 5. The molecule has 0 spiro atoms. The van der Waals surface area contributed by atoms with Crippen molar-refractivity contribution in [1.82, 2.24) is 15.5 Å². The van der Waals surface area contributed by atoms with Crippen LogP contribution in [-0.4, -0.2) is 15.3 Å². The number of hydrogen-bond donors (Lipinski definition) is 1. The van der Waals surface area contributed by atoms with Gasteiger partial charge in [-0.25, -0.2) is 0 Å². The first kappa shape index (κ1) is 21.8. The number of halogens is 1. The van der Waals surface area contributed by atoms with E-state index in [-0.39, 0.29) is 6.04 Å². The Balaban J connectivity index is 1.64. The molecule has 0 amide bonds. The second kappa shape index (κ2) is 9.09. The number of nitrogens with one attached hydrogen (secondary N) is 1. The van der Waals surface area contributed by atoms with E-state index >= 15 is 0 Å². The molecule has 0 saturated carbocycles. The molecule has 0 bridgehead atoms. The summed E-state index contributed by atoms with van der Waals surface area (Å²) in [4.78, 5) is 7.69. The molecule has 0 saturated heterocycles. The van der Waals surface area contributed by atoms with Crippen LogP contribution in [0.15, 0.2) is 76.3 Å². The minimum Gasteiger partial charge on any atom is -0.351 e. The summed E-state index contributed by atoms with van der Waals surface area (Å²) in [5.74, 6) is 1.04. The molecular weight excluding hydrogens is 472 g/mol. The van der Waals surface area contributed by atoms with Crippen LogP contribution in [0.4, 0.5) is 5.69 Å². The van der Waals surface area contributed by atoms with Crippen molar-refractivity contribution in [2.75, 3.05) is 4.90 Å². The molecule has 1 N–H and O–H groups in total.